The third-order valence-corrected chi connectivity index (χ3v) is 19.4. The zero-order chi connectivity index (χ0) is 64.4. The van der Waals surface area contributed by atoms with E-state index in [9.17, 15) is 5.53 Å². The molecular formula is C87H156N2Pd. The molecule has 90 heavy (non-hydrogen) atoms. The summed E-state index contributed by atoms with van der Waals surface area (Å²) >= 11 is 0. The van der Waals surface area contributed by atoms with Crippen molar-refractivity contribution in [3.8, 4) is 0 Å². The molecule has 0 saturated heterocycles. The van der Waals surface area contributed by atoms with E-state index in [1.807, 2.05) is 0 Å². The van der Waals surface area contributed by atoms with E-state index in [0.29, 0.717) is 0 Å². The Kier molecular flexibility index (Phi) is 68.6. The Hall–Kier alpha value is -1.82. The first-order chi connectivity index (χ1) is 44.0. The van der Waals surface area contributed by atoms with Gasteiger partial charge in [0.25, 0.3) is 0 Å². The molecule has 0 aromatic heterocycles. The predicted octanol–water partition coefficient (Wildman–Crippen LogP) is 31.5. The molecule has 2 aromatic carbocycles. The minimum Gasteiger partial charge on any atom is -0.493 e. The summed E-state index contributed by atoms with van der Waals surface area (Å²) in [6, 6.07) is 18.0. The van der Waals surface area contributed by atoms with Crippen LogP contribution >= 0.6 is 0 Å². The summed E-state index contributed by atoms with van der Waals surface area (Å²) in [4.78, 5) is 0. The summed E-state index contributed by atoms with van der Waals surface area (Å²) in [5, 5.41) is 0. The fourth-order valence-electron chi connectivity index (χ4n) is 13.5. The van der Waals surface area contributed by atoms with Gasteiger partial charge in [0.2, 0.25) is 11.4 Å². The van der Waals surface area contributed by atoms with E-state index in [-0.39, 0.29) is 20.4 Å². The molecule has 0 spiro atoms. The number of hydrogen-bond acceptors (Lipinski definition) is 0. The molecule has 0 amide bonds. The second-order valence-electron chi connectivity index (χ2n) is 28.1. The van der Waals surface area contributed by atoms with Crippen molar-refractivity contribution in [1.29, 1.82) is 0 Å². The van der Waals surface area contributed by atoms with Crippen molar-refractivity contribution in [1.82, 2.24) is 0 Å². The van der Waals surface area contributed by atoms with Crippen LogP contribution in [-0.2, 0) is 33.3 Å². The first-order valence-electron chi connectivity index (χ1n) is 40.7. The van der Waals surface area contributed by atoms with E-state index in [0.717, 1.165) is 73.9 Å². The van der Waals surface area contributed by atoms with E-state index < -0.39 is 0 Å². The SMILES string of the molecule is CCCCCCCCc1cccc(C2=C(CCCC)C(CCCCC)=C(c3ccc(CCCC)cc3)[N+]2=[N-])c1.[CH2-]CCCCCCCCCCCCCCCCCCCCCCCC.[CH2-]CCCCCCCCCCCCCCCCCCCCCCCC.[Pd+2]. The van der Waals surface area contributed by atoms with Crippen molar-refractivity contribution in [2.75, 3.05) is 0 Å². The van der Waals surface area contributed by atoms with Gasteiger partial charge in [-0.25, -0.2) is 4.70 Å². The van der Waals surface area contributed by atoms with E-state index in [1.54, 1.807) is 4.70 Å². The fourth-order valence-corrected chi connectivity index (χ4v) is 13.5. The number of benzene rings is 2. The maximum Gasteiger partial charge on any atom is 2.00 e. The maximum absolute atomic E-state index is 11.9. The quantitative estimate of drug-likeness (QED) is 0.0273. The van der Waals surface area contributed by atoms with E-state index >= 15 is 0 Å². The molecule has 0 unspecified atom stereocenters. The Morgan fingerprint density at radius 3 is 0.822 bits per heavy atom. The minimum atomic E-state index is 0. The molecule has 3 heteroatoms. The molecule has 0 atom stereocenters. The van der Waals surface area contributed by atoms with Gasteiger partial charge < -0.3 is 19.4 Å². The van der Waals surface area contributed by atoms with Crippen molar-refractivity contribution in [3.63, 3.8) is 0 Å². The van der Waals surface area contributed by atoms with Gasteiger partial charge in [0.05, 0.1) is 0 Å². The minimum absolute atomic E-state index is 0. The second kappa shape index (κ2) is 70.0. The summed E-state index contributed by atoms with van der Waals surface area (Å²) in [7, 11) is 0. The number of aryl methyl sites for hydroxylation is 2. The van der Waals surface area contributed by atoms with E-state index in [4.69, 9.17) is 0 Å². The van der Waals surface area contributed by atoms with Crippen molar-refractivity contribution in [3.05, 3.63) is 101 Å². The van der Waals surface area contributed by atoms with Crippen LogP contribution in [0, 0.1) is 13.8 Å². The van der Waals surface area contributed by atoms with Gasteiger partial charge in [-0.2, -0.15) is 12.8 Å². The Morgan fingerprint density at radius 1 is 0.256 bits per heavy atom. The van der Waals surface area contributed by atoms with Crippen molar-refractivity contribution in [2.24, 2.45) is 0 Å². The van der Waals surface area contributed by atoms with E-state index in [1.165, 1.54) is 375 Å². The molecule has 0 saturated carbocycles. The number of rotatable bonds is 63. The van der Waals surface area contributed by atoms with Gasteiger partial charge in [0, 0.05) is 22.3 Å². The van der Waals surface area contributed by atoms with Gasteiger partial charge in [0.15, 0.2) is 0 Å². The van der Waals surface area contributed by atoms with Crippen molar-refractivity contribution < 1.29 is 25.1 Å². The van der Waals surface area contributed by atoms with Crippen LogP contribution in [0.4, 0.5) is 0 Å². The maximum atomic E-state index is 11.9. The largest absolute Gasteiger partial charge is 2.00 e. The van der Waals surface area contributed by atoms with Crippen LogP contribution in [0.5, 0.6) is 0 Å². The third-order valence-electron chi connectivity index (χ3n) is 19.4. The van der Waals surface area contributed by atoms with Crippen LogP contribution < -0.4 is 0 Å². The zero-order valence-electron chi connectivity index (χ0n) is 61.8. The average Bonchev–Trinajstić information content (AvgIpc) is 2.57. The van der Waals surface area contributed by atoms with Crippen LogP contribution in [-0.4, -0.2) is 4.70 Å². The van der Waals surface area contributed by atoms with Crippen LogP contribution in [0.15, 0.2) is 59.7 Å². The zero-order valence-corrected chi connectivity index (χ0v) is 63.3. The average molecular weight is 1340 g/mol. The Labute approximate surface area is 580 Å². The molecule has 0 bridgehead atoms. The molecule has 0 N–H and O–H groups in total. The van der Waals surface area contributed by atoms with E-state index in [2.05, 4.69) is 104 Å². The van der Waals surface area contributed by atoms with Crippen LogP contribution in [0.1, 0.15) is 455 Å². The topological polar surface area (TPSA) is 25.3 Å². The molecule has 524 valence electrons. The number of allylic oxidation sites excluding steroid dienone is 2. The molecule has 1 aliphatic heterocycles. The number of nitrogens with zero attached hydrogens (tertiary/aromatic N) is 2. The van der Waals surface area contributed by atoms with Crippen molar-refractivity contribution >= 4 is 11.4 Å². The first kappa shape index (κ1) is 88.2. The molecule has 2 nitrogen and oxygen atoms in total. The Balaban J connectivity index is 0.00000137. The molecule has 2 aromatic rings. The fraction of sp³-hybridized carbons (Fsp3) is 0.793. The monoisotopic (exact) mass is 1340 g/mol. The Morgan fingerprint density at radius 2 is 0.500 bits per heavy atom. The molecule has 3 rings (SSSR count). The molecule has 0 fully saturated rings. The summed E-state index contributed by atoms with van der Waals surface area (Å²) < 4.78 is 1.55. The summed E-state index contributed by atoms with van der Waals surface area (Å²) in [6.45, 7) is 21.5. The van der Waals surface area contributed by atoms with Gasteiger partial charge in [-0.05, 0) is 86.8 Å². The molecule has 1 heterocycles. The molecule has 1 aliphatic rings. The summed E-state index contributed by atoms with van der Waals surface area (Å²) in [6.07, 6.45) is 87.1. The van der Waals surface area contributed by atoms with Gasteiger partial charge in [-0.15, -0.1) is 0 Å². The third kappa shape index (κ3) is 50.6. The van der Waals surface area contributed by atoms with Gasteiger partial charge in [-0.3, -0.25) is 0 Å². The second-order valence-corrected chi connectivity index (χ2v) is 28.1. The normalized spacial score (nSPS) is 12.2. The Bertz CT molecular complexity index is 1760. The van der Waals surface area contributed by atoms with Gasteiger partial charge >= 0.3 is 20.4 Å². The predicted molar refractivity (Wildman–Crippen MR) is 404 cm³/mol. The summed E-state index contributed by atoms with van der Waals surface area (Å²) in [5.41, 5.74) is 21.7. The van der Waals surface area contributed by atoms with Gasteiger partial charge in [0.1, 0.15) is 0 Å². The number of unbranched alkanes of at least 4 members (excludes halogenated alkanes) is 53. The first-order valence-corrected chi connectivity index (χ1v) is 40.7. The van der Waals surface area contributed by atoms with Crippen LogP contribution in [0.3, 0.4) is 0 Å². The van der Waals surface area contributed by atoms with Crippen LogP contribution in [0.25, 0.3) is 16.9 Å². The van der Waals surface area contributed by atoms with Crippen LogP contribution in [0.2, 0.25) is 0 Å². The number of hydrogen-bond donors (Lipinski definition) is 0. The van der Waals surface area contributed by atoms with Gasteiger partial charge in [-0.1, -0.05) is 406 Å². The molecule has 0 aliphatic carbocycles. The standard InChI is InChI=1S/C37H54N2.2C25H51.Pd/c1-5-9-13-14-15-17-20-31-21-18-22-33(29-31)37-34(23-12-8-4)35(24-16-10-6-2)36(39(37)38)32-27-25-30(26-28-32)19-11-7-3;2*1-3-5-7-9-11-13-15-17-19-21-23-25-24-22-20-18-16-14-12-10-8-6-4-2;/h18,21-22,25-29H,5-17,19-20,23-24H2,1-4H3;2*1,3-25H2,2H3;/q;2*-1;+2. The molecule has 0 radical (unpaired) electrons. The molecular weight excluding hydrogens is 1180 g/mol. The van der Waals surface area contributed by atoms with Crippen molar-refractivity contribution in [2.45, 2.75) is 446 Å². The smallest absolute Gasteiger partial charge is 0.493 e. The summed E-state index contributed by atoms with van der Waals surface area (Å²) in [5.74, 6) is 0.